The van der Waals surface area contributed by atoms with Gasteiger partial charge in [0.15, 0.2) is 0 Å². The molecular weight excluding hydrogens is 236 g/mol. The third-order valence-electron chi connectivity index (χ3n) is 3.59. The minimum absolute atomic E-state index is 0.144. The van der Waals surface area contributed by atoms with Gasteiger partial charge in [-0.2, -0.15) is 0 Å². The predicted octanol–water partition coefficient (Wildman–Crippen LogP) is 4.08. The molecule has 0 saturated carbocycles. The Bertz CT molecular complexity index is 358. The van der Waals surface area contributed by atoms with Crippen molar-refractivity contribution in [3.63, 3.8) is 0 Å². The van der Waals surface area contributed by atoms with Crippen molar-refractivity contribution in [1.82, 2.24) is 0 Å². The Morgan fingerprint density at radius 1 is 1.00 bits per heavy atom. The van der Waals surface area contributed by atoms with Gasteiger partial charge in [-0.1, -0.05) is 51.7 Å². The molecular formula is C17H28O2. The normalized spacial score (nSPS) is 11.2. The minimum Gasteiger partial charge on any atom is -0.508 e. The third kappa shape index (κ3) is 6.11. The zero-order valence-corrected chi connectivity index (χ0v) is 12.4. The van der Waals surface area contributed by atoms with Gasteiger partial charge < -0.3 is 10.2 Å². The van der Waals surface area contributed by atoms with Gasteiger partial charge in [0.2, 0.25) is 0 Å². The van der Waals surface area contributed by atoms with Gasteiger partial charge >= 0.3 is 0 Å². The smallest absolute Gasteiger partial charge is 0.119 e. The number of unbranched alkanes of at least 4 members (excludes halogenated alkanes) is 3. The topological polar surface area (TPSA) is 40.5 Å². The SMILES string of the molecule is CC(C)CCCCCCc1c(O)cccc1CCO. The van der Waals surface area contributed by atoms with Crippen molar-refractivity contribution in [3.8, 4) is 5.75 Å². The van der Waals surface area contributed by atoms with Crippen molar-refractivity contribution in [2.45, 2.75) is 58.8 Å². The average molecular weight is 264 g/mol. The van der Waals surface area contributed by atoms with Crippen LogP contribution in [0.2, 0.25) is 0 Å². The summed E-state index contributed by atoms with van der Waals surface area (Å²) in [5.41, 5.74) is 2.12. The number of hydrogen-bond donors (Lipinski definition) is 2. The highest BCUT2D eigenvalue weighted by molar-refractivity contribution is 5.39. The van der Waals surface area contributed by atoms with Crippen LogP contribution in [-0.2, 0) is 12.8 Å². The van der Waals surface area contributed by atoms with Crippen LogP contribution in [-0.4, -0.2) is 16.8 Å². The first-order valence-electron chi connectivity index (χ1n) is 7.55. The summed E-state index contributed by atoms with van der Waals surface area (Å²) in [6, 6.07) is 5.60. The molecule has 19 heavy (non-hydrogen) atoms. The van der Waals surface area contributed by atoms with E-state index < -0.39 is 0 Å². The lowest BCUT2D eigenvalue weighted by atomic mass is 9.97. The second-order valence-corrected chi connectivity index (χ2v) is 5.74. The average Bonchev–Trinajstić information content (AvgIpc) is 2.36. The van der Waals surface area contributed by atoms with Gasteiger partial charge in [-0.05, 0) is 42.4 Å². The Hall–Kier alpha value is -1.02. The van der Waals surface area contributed by atoms with E-state index in [1.807, 2.05) is 12.1 Å². The monoisotopic (exact) mass is 264 g/mol. The summed E-state index contributed by atoms with van der Waals surface area (Å²) in [5.74, 6) is 1.18. The number of rotatable bonds is 9. The molecule has 0 unspecified atom stereocenters. The van der Waals surface area contributed by atoms with Gasteiger partial charge in [-0.15, -0.1) is 0 Å². The fourth-order valence-electron chi connectivity index (χ4n) is 2.47. The number of benzene rings is 1. The fraction of sp³-hybridized carbons (Fsp3) is 0.647. The molecule has 1 rings (SSSR count). The molecule has 2 heteroatoms. The van der Waals surface area contributed by atoms with Gasteiger partial charge in [0.05, 0.1) is 0 Å². The van der Waals surface area contributed by atoms with Crippen molar-refractivity contribution in [3.05, 3.63) is 29.3 Å². The zero-order chi connectivity index (χ0) is 14.1. The van der Waals surface area contributed by atoms with E-state index in [0.29, 0.717) is 12.2 Å². The Morgan fingerprint density at radius 2 is 1.74 bits per heavy atom. The molecule has 0 bridgehead atoms. The summed E-state index contributed by atoms with van der Waals surface area (Å²) in [6.45, 7) is 4.68. The van der Waals surface area contributed by atoms with Crippen LogP contribution in [0.3, 0.4) is 0 Å². The Balaban J connectivity index is 2.36. The van der Waals surface area contributed by atoms with Crippen LogP contribution in [0, 0.1) is 5.92 Å². The molecule has 0 amide bonds. The van der Waals surface area contributed by atoms with Crippen molar-refractivity contribution in [1.29, 1.82) is 0 Å². The molecule has 0 aromatic heterocycles. The van der Waals surface area contributed by atoms with E-state index in [2.05, 4.69) is 13.8 Å². The highest BCUT2D eigenvalue weighted by Crippen LogP contribution is 2.24. The maximum absolute atomic E-state index is 9.91. The van der Waals surface area contributed by atoms with Gasteiger partial charge in [-0.25, -0.2) is 0 Å². The Morgan fingerprint density at radius 3 is 2.42 bits per heavy atom. The summed E-state index contributed by atoms with van der Waals surface area (Å²) in [5, 5.41) is 19.0. The molecule has 0 aliphatic rings. The molecule has 0 atom stereocenters. The highest BCUT2D eigenvalue weighted by atomic mass is 16.3. The zero-order valence-electron chi connectivity index (χ0n) is 12.4. The van der Waals surface area contributed by atoms with Crippen LogP contribution in [0.4, 0.5) is 0 Å². The van der Waals surface area contributed by atoms with Gasteiger partial charge in [0.25, 0.3) is 0 Å². The molecule has 0 saturated heterocycles. The standard InChI is InChI=1S/C17H28O2/c1-14(2)8-5-3-4-6-10-16-15(12-13-18)9-7-11-17(16)19/h7,9,11,14,18-19H,3-6,8,10,12-13H2,1-2H3. The summed E-state index contributed by atoms with van der Waals surface area (Å²) in [6.07, 6.45) is 7.80. The molecule has 0 radical (unpaired) electrons. The highest BCUT2D eigenvalue weighted by Gasteiger charge is 2.07. The molecule has 1 aromatic rings. The molecule has 0 aliphatic carbocycles. The van der Waals surface area contributed by atoms with Gasteiger partial charge in [-0.3, -0.25) is 0 Å². The number of hydrogen-bond acceptors (Lipinski definition) is 2. The van der Waals surface area contributed by atoms with Crippen LogP contribution in [0.15, 0.2) is 18.2 Å². The number of aliphatic hydroxyl groups is 1. The maximum Gasteiger partial charge on any atom is 0.119 e. The second-order valence-electron chi connectivity index (χ2n) is 5.74. The molecule has 0 spiro atoms. The summed E-state index contributed by atoms with van der Waals surface area (Å²) in [4.78, 5) is 0. The van der Waals surface area contributed by atoms with E-state index in [1.54, 1.807) is 6.07 Å². The number of phenols is 1. The van der Waals surface area contributed by atoms with Crippen LogP contribution in [0.5, 0.6) is 5.75 Å². The van der Waals surface area contributed by atoms with Crippen molar-refractivity contribution < 1.29 is 10.2 Å². The number of aliphatic hydroxyl groups excluding tert-OH is 1. The summed E-state index contributed by atoms with van der Waals surface area (Å²) >= 11 is 0. The van der Waals surface area contributed by atoms with Gasteiger partial charge in [0.1, 0.15) is 5.75 Å². The summed E-state index contributed by atoms with van der Waals surface area (Å²) in [7, 11) is 0. The fourth-order valence-corrected chi connectivity index (χ4v) is 2.47. The van der Waals surface area contributed by atoms with E-state index >= 15 is 0 Å². The van der Waals surface area contributed by atoms with E-state index in [9.17, 15) is 5.11 Å². The molecule has 2 N–H and O–H groups in total. The van der Waals surface area contributed by atoms with Crippen LogP contribution >= 0.6 is 0 Å². The van der Waals surface area contributed by atoms with Crippen molar-refractivity contribution in [2.75, 3.05) is 6.61 Å². The second kappa shape index (κ2) is 8.98. The van der Waals surface area contributed by atoms with Crippen LogP contribution in [0.25, 0.3) is 0 Å². The van der Waals surface area contributed by atoms with Crippen molar-refractivity contribution >= 4 is 0 Å². The Labute approximate surface area is 117 Å². The first-order valence-corrected chi connectivity index (χ1v) is 7.55. The van der Waals surface area contributed by atoms with Gasteiger partial charge in [0, 0.05) is 6.61 Å². The largest absolute Gasteiger partial charge is 0.508 e. The first kappa shape index (κ1) is 16.0. The van der Waals surface area contributed by atoms with E-state index in [1.165, 1.54) is 25.7 Å². The van der Waals surface area contributed by atoms with Crippen LogP contribution in [0.1, 0.15) is 57.1 Å². The summed E-state index contributed by atoms with van der Waals surface area (Å²) < 4.78 is 0. The van der Waals surface area contributed by atoms with E-state index in [0.717, 1.165) is 29.9 Å². The van der Waals surface area contributed by atoms with E-state index in [-0.39, 0.29) is 6.61 Å². The lowest BCUT2D eigenvalue weighted by molar-refractivity contribution is 0.299. The quantitative estimate of drug-likeness (QED) is 0.660. The molecule has 108 valence electrons. The van der Waals surface area contributed by atoms with Crippen molar-refractivity contribution in [2.24, 2.45) is 5.92 Å². The minimum atomic E-state index is 0.144. The lowest BCUT2D eigenvalue weighted by Crippen LogP contribution is -1.98. The molecule has 0 aliphatic heterocycles. The Kier molecular flexibility index (Phi) is 7.57. The first-order chi connectivity index (χ1) is 9.15. The number of phenolic OH excluding ortho intramolecular Hbond substituents is 1. The molecule has 1 aromatic carbocycles. The number of aromatic hydroxyl groups is 1. The molecule has 0 heterocycles. The molecule has 2 nitrogen and oxygen atoms in total. The third-order valence-corrected chi connectivity index (χ3v) is 3.59. The van der Waals surface area contributed by atoms with Crippen LogP contribution < -0.4 is 0 Å². The van der Waals surface area contributed by atoms with E-state index in [4.69, 9.17) is 5.11 Å². The maximum atomic E-state index is 9.91. The predicted molar refractivity (Wildman–Crippen MR) is 80.5 cm³/mol. The lowest BCUT2D eigenvalue weighted by Gasteiger charge is -2.11. The molecule has 0 fully saturated rings.